The molecule has 0 aliphatic heterocycles. The summed E-state index contributed by atoms with van der Waals surface area (Å²) in [6.07, 6.45) is 5.83. The lowest BCUT2D eigenvalue weighted by Crippen LogP contribution is -2.40. The Morgan fingerprint density at radius 2 is 2.06 bits per heavy atom. The Morgan fingerprint density at radius 3 is 2.78 bits per heavy atom. The van der Waals surface area contributed by atoms with Crippen molar-refractivity contribution >= 4 is 0 Å². The molecule has 1 aromatic rings. The van der Waals surface area contributed by atoms with Crippen LogP contribution in [0.15, 0.2) is 24.3 Å². The van der Waals surface area contributed by atoms with Gasteiger partial charge in [0.15, 0.2) is 0 Å². The second-order valence-electron chi connectivity index (χ2n) is 5.52. The Morgan fingerprint density at radius 1 is 1.22 bits per heavy atom. The number of nitrogens with one attached hydrogen (secondary N) is 1. The molecule has 2 rings (SSSR count). The van der Waals surface area contributed by atoms with E-state index in [1.54, 1.807) is 0 Å². The average molecular weight is 247 g/mol. The van der Waals surface area contributed by atoms with E-state index in [4.69, 9.17) is 5.11 Å². The molecule has 2 heteroatoms. The second kappa shape index (κ2) is 6.91. The number of hydrogen-bond acceptors (Lipinski definition) is 2. The Kier molecular flexibility index (Phi) is 5.21. The predicted molar refractivity (Wildman–Crippen MR) is 75.9 cm³/mol. The molecule has 100 valence electrons. The fourth-order valence-corrected chi connectivity index (χ4v) is 2.70. The van der Waals surface area contributed by atoms with Crippen LogP contribution in [0.3, 0.4) is 0 Å². The number of unbranched alkanes of at least 4 members (excludes halogenated alkanes) is 2. The van der Waals surface area contributed by atoms with Crippen molar-refractivity contribution in [2.24, 2.45) is 0 Å². The normalized spacial score (nSPS) is 22.8. The van der Waals surface area contributed by atoms with Crippen LogP contribution in [-0.2, 0) is 0 Å². The van der Waals surface area contributed by atoms with Crippen LogP contribution >= 0.6 is 0 Å². The highest BCUT2D eigenvalue weighted by atomic mass is 16.2. The monoisotopic (exact) mass is 247 g/mol. The molecule has 0 saturated heterocycles. The summed E-state index contributed by atoms with van der Waals surface area (Å²) in [6.45, 7) is 3.60. The standard InChI is InChI=1S/C16H25NO/c1-13-6-5-7-14(10-13)15-11-16(12-15)17-8-3-2-4-9-18/h5-7,10,15-18H,2-4,8-9,11-12H2,1H3. The van der Waals surface area contributed by atoms with E-state index in [2.05, 4.69) is 36.5 Å². The minimum Gasteiger partial charge on any atom is -0.396 e. The van der Waals surface area contributed by atoms with Gasteiger partial charge in [-0.05, 0) is 57.1 Å². The summed E-state index contributed by atoms with van der Waals surface area (Å²) in [7, 11) is 0. The molecule has 0 radical (unpaired) electrons. The SMILES string of the molecule is Cc1cccc(C2CC(NCCCCCO)C2)c1. The minimum absolute atomic E-state index is 0.332. The van der Waals surface area contributed by atoms with Crippen molar-refractivity contribution in [3.63, 3.8) is 0 Å². The lowest BCUT2D eigenvalue weighted by atomic mass is 9.75. The van der Waals surface area contributed by atoms with Gasteiger partial charge in [-0.15, -0.1) is 0 Å². The Balaban J connectivity index is 1.62. The molecule has 0 amide bonds. The maximum absolute atomic E-state index is 8.69. The van der Waals surface area contributed by atoms with Crippen molar-refractivity contribution in [3.8, 4) is 0 Å². The van der Waals surface area contributed by atoms with Gasteiger partial charge in [-0.2, -0.15) is 0 Å². The third-order valence-corrected chi connectivity index (χ3v) is 3.92. The van der Waals surface area contributed by atoms with E-state index in [9.17, 15) is 0 Å². The molecule has 0 aromatic heterocycles. The molecule has 2 nitrogen and oxygen atoms in total. The number of aryl methyl sites for hydroxylation is 1. The smallest absolute Gasteiger partial charge is 0.0431 e. The van der Waals surface area contributed by atoms with Crippen molar-refractivity contribution in [2.45, 2.75) is 51.0 Å². The molecule has 1 aliphatic carbocycles. The maximum atomic E-state index is 8.69. The van der Waals surface area contributed by atoms with Gasteiger partial charge >= 0.3 is 0 Å². The quantitative estimate of drug-likeness (QED) is 0.726. The van der Waals surface area contributed by atoms with E-state index >= 15 is 0 Å². The van der Waals surface area contributed by atoms with Crippen molar-refractivity contribution in [3.05, 3.63) is 35.4 Å². The van der Waals surface area contributed by atoms with Gasteiger partial charge in [-0.25, -0.2) is 0 Å². The molecule has 1 aliphatic rings. The molecule has 0 heterocycles. The number of aliphatic hydroxyl groups excluding tert-OH is 1. The van der Waals surface area contributed by atoms with Crippen molar-refractivity contribution in [1.29, 1.82) is 0 Å². The van der Waals surface area contributed by atoms with Gasteiger partial charge in [-0.1, -0.05) is 29.8 Å². The summed E-state index contributed by atoms with van der Waals surface area (Å²) in [4.78, 5) is 0. The van der Waals surface area contributed by atoms with E-state index < -0.39 is 0 Å². The van der Waals surface area contributed by atoms with Crippen molar-refractivity contribution in [2.75, 3.05) is 13.2 Å². The predicted octanol–water partition coefficient (Wildman–Crippen LogP) is 2.99. The highest BCUT2D eigenvalue weighted by Crippen LogP contribution is 2.36. The molecule has 1 saturated carbocycles. The summed E-state index contributed by atoms with van der Waals surface area (Å²) >= 11 is 0. The van der Waals surface area contributed by atoms with Crippen molar-refractivity contribution < 1.29 is 5.11 Å². The zero-order valence-corrected chi connectivity index (χ0v) is 11.4. The summed E-state index contributed by atoms with van der Waals surface area (Å²) < 4.78 is 0. The first-order valence-electron chi connectivity index (χ1n) is 7.20. The lowest BCUT2D eigenvalue weighted by Gasteiger charge is -2.36. The summed E-state index contributed by atoms with van der Waals surface area (Å²) in [6, 6.07) is 9.63. The number of aliphatic hydroxyl groups is 1. The number of hydrogen-bond donors (Lipinski definition) is 2. The lowest BCUT2D eigenvalue weighted by molar-refractivity contribution is 0.273. The molecule has 18 heavy (non-hydrogen) atoms. The number of rotatable bonds is 7. The number of benzene rings is 1. The first-order chi connectivity index (χ1) is 8.79. The fourth-order valence-electron chi connectivity index (χ4n) is 2.70. The zero-order valence-electron chi connectivity index (χ0n) is 11.4. The minimum atomic E-state index is 0.332. The van der Waals surface area contributed by atoms with E-state index in [0.29, 0.717) is 12.6 Å². The van der Waals surface area contributed by atoms with Crippen LogP contribution in [0, 0.1) is 6.92 Å². The Bertz CT molecular complexity index is 358. The molecule has 0 unspecified atom stereocenters. The highest BCUT2D eigenvalue weighted by molar-refractivity contribution is 5.27. The van der Waals surface area contributed by atoms with E-state index in [0.717, 1.165) is 25.3 Å². The Hall–Kier alpha value is -0.860. The van der Waals surface area contributed by atoms with Gasteiger partial charge < -0.3 is 10.4 Å². The molecular weight excluding hydrogens is 222 g/mol. The summed E-state index contributed by atoms with van der Waals surface area (Å²) in [5.41, 5.74) is 2.88. The first-order valence-corrected chi connectivity index (χ1v) is 7.20. The van der Waals surface area contributed by atoms with Crippen LogP contribution in [0.1, 0.15) is 49.1 Å². The molecule has 0 spiro atoms. The van der Waals surface area contributed by atoms with Crippen LogP contribution in [0.25, 0.3) is 0 Å². The highest BCUT2D eigenvalue weighted by Gasteiger charge is 2.29. The van der Waals surface area contributed by atoms with Gasteiger partial charge in [0.05, 0.1) is 0 Å². The summed E-state index contributed by atoms with van der Waals surface area (Å²) in [5.74, 6) is 0.764. The third-order valence-electron chi connectivity index (χ3n) is 3.92. The van der Waals surface area contributed by atoms with Crippen LogP contribution in [0.4, 0.5) is 0 Å². The van der Waals surface area contributed by atoms with Gasteiger partial charge in [-0.3, -0.25) is 0 Å². The van der Waals surface area contributed by atoms with Crippen LogP contribution in [0.5, 0.6) is 0 Å². The molecule has 0 atom stereocenters. The van der Waals surface area contributed by atoms with E-state index in [-0.39, 0.29) is 0 Å². The van der Waals surface area contributed by atoms with Gasteiger partial charge in [0.1, 0.15) is 0 Å². The second-order valence-corrected chi connectivity index (χ2v) is 5.52. The van der Waals surface area contributed by atoms with Gasteiger partial charge in [0, 0.05) is 12.6 Å². The van der Waals surface area contributed by atoms with Gasteiger partial charge in [0.25, 0.3) is 0 Å². The topological polar surface area (TPSA) is 32.3 Å². The zero-order chi connectivity index (χ0) is 12.8. The van der Waals surface area contributed by atoms with Crippen LogP contribution in [0.2, 0.25) is 0 Å². The van der Waals surface area contributed by atoms with Gasteiger partial charge in [0.2, 0.25) is 0 Å². The Labute approximate surface area is 110 Å². The molecule has 1 aromatic carbocycles. The molecule has 0 bridgehead atoms. The van der Waals surface area contributed by atoms with Crippen LogP contribution in [-0.4, -0.2) is 24.3 Å². The van der Waals surface area contributed by atoms with Crippen LogP contribution < -0.4 is 5.32 Å². The first kappa shape index (κ1) is 13.6. The molecule has 1 fully saturated rings. The molecule has 2 N–H and O–H groups in total. The van der Waals surface area contributed by atoms with E-state index in [1.807, 2.05) is 0 Å². The fraction of sp³-hybridized carbons (Fsp3) is 0.625. The third kappa shape index (κ3) is 3.82. The summed E-state index contributed by atoms with van der Waals surface area (Å²) in [5, 5.41) is 12.3. The molecular formula is C16H25NO. The average Bonchev–Trinajstić information content (AvgIpc) is 2.31. The van der Waals surface area contributed by atoms with E-state index in [1.165, 1.54) is 30.4 Å². The van der Waals surface area contributed by atoms with Crippen molar-refractivity contribution in [1.82, 2.24) is 5.32 Å². The largest absolute Gasteiger partial charge is 0.396 e. The maximum Gasteiger partial charge on any atom is 0.0431 e.